The van der Waals surface area contributed by atoms with Gasteiger partial charge in [0, 0.05) is 5.69 Å². The van der Waals surface area contributed by atoms with E-state index in [9.17, 15) is 4.79 Å². The maximum Gasteiger partial charge on any atom is 0.243 e. The molecule has 0 spiro atoms. The minimum Gasteiger partial charge on any atom is -0.376 e. The topological polar surface area (TPSA) is 41.1 Å². The van der Waals surface area contributed by atoms with Gasteiger partial charge in [0.1, 0.15) is 0 Å². The van der Waals surface area contributed by atoms with E-state index >= 15 is 0 Å². The van der Waals surface area contributed by atoms with Crippen molar-refractivity contribution in [3.8, 4) is 0 Å². The van der Waals surface area contributed by atoms with E-state index in [-0.39, 0.29) is 12.5 Å². The van der Waals surface area contributed by atoms with Crippen LogP contribution in [0.4, 0.5) is 11.4 Å². The van der Waals surface area contributed by atoms with Crippen LogP contribution in [0.3, 0.4) is 0 Å². The molecule has 0 heterocycles. The second kappa shape index (κ2) is 6.64. The van der Waals surface area contributed by atoms with Gasteiger partial charge in [-0.3, -0.25) is 4.79 Å². The molecule has 2 aromatic carbocycles. The van der Waals surface area contributed by atoms with Gasteiger partial charge < -0.3 is 10.6 Å². The predicted octanol–water partition coefficient (Wildman–Crippen LogP) is 4.32. The standard InChI is InChI=1S/C17H19ClN2O/c1-11-5-4-6-14(8-11)19-10-16(21)20-17-13(3)7-12(2)9-15(17)18/h4-9,19H,10H2,1-3H3,(H,20,21). The van der Waals surface area contributed by atoms with E-state index in [1.165, 1.54) is 0 Å². The Morgan fingerprint density at radius 1 is 1.10 bits per heavy atom. The molecular formula is C17H19ClN2O. The lowest BCUT2D eigenvalue weighted by molar-refractivity contribution is -0.114. The van der Waals surface area contributed by atoms with Crippen LogP contribution in [0.5, 0.6) is 0 Å². The Bertz CT molecular complexity index is 645. The van der Waals surface area contributed by atoms with Crippen molar-refractivity contribution in [2.75, 3.05) is 17.2 Å². The van der Waals surface area contributed by atoms with E-state index in [1.807, 2.05) is 57.2 Å². The minimum absolute atomic E-state index is 0.120. The minimum atomic E-state index is -0.120. The smallest absolute Gasteiger partial charge is 0.243 e. The van der Waals surface area contributed by atoms with Crippen molar-refractivity contribution >= 4 is 28.9 Å². The highest BCUT2D eigenvalue weighted by Crippen LogP contribution is 2.27. The average molecular weight is 303 g/mol. The highest BCUT2D eigenvalue weighted by atomic mass is 35.5. The highest BCUT2D eigenvalue weighted by molar-refractivity contribution is 6.34. The fourth-order valence-corrected chi connectivity index (χ4v) is 2.56. The van der Waals surface area contributed by atoms with Crippen LogP contribution in [0.25, 0.3) is 0 Å². The number of hydrogen-bond acceptors (Lipinski definition) is 2. The van der Waals surface area contributed by atoms with Gasteiger partial charge in [-0.2, -0.15) is 0 Å². The predicted molar refractivity (Wildman–Crippen MR) is 89.2 cm³/mol. The van der Waals surface area contributed by atoms with E-state index < -0.39 is 0 Å². The van der Waals surface area contributed by atoms with E-state index in [4.69, 9.17) is 11.6 Å². The van der Waals surface area contributed by atoms with Crippen molar-refractivity contribution in [1.82, 2.24) is 0 Å². The second-order valence-corrected chi connectivity index (χ2v) is 5.62. The maximum absolute atomic E-state index is 12.0. The Kier molecular flexibility index (Phi) is 4.86. The van der Waals surface area contributed by atoms with Gasteiger partial charge in [0.05, 0.1) is 17.3 Å². The summed E-state index contributed by atoms with van der Waals surface area (Å²) in [6, 6.07) is 11.7. The summed E-state index contributed by atoms with van der Waals surface area (Å²) < 4.78 is 0. The van der Waals surface area contributed by atoms with E-state index in [0.29, 0.717) is 10.7 Å². The molecule has 1 amide bonds. The maximum atomic E-state index is 12.0. The lowest BCUT2D eigenvalue weighted by Crippen LogP contribution is -2.22. The first-order valence-electron chi connectivity index (χ1n) is 6.83. The number of carbonyl (C=O) groups excluding carboxylic acids is 1. The molecule has 2 rings (SSSR count). The van der Waals surface area contributed by atoms with E-state index in [1.54, 1.807) is 0 Å². The van der Waals surface area contributed by atoms with Gasteiger partial charge >= 0.3 is 0 Å². The molecule has 0 aliphatic rings. The van der Waals surface area contributed by atoms with E-state index in [2.05, 4.69) is 10.6 Å². The van der Waals surface area contributed by atoms with Crippen LogP contribution in [-0.4, -0.2) is 12.5 Å². The first kappa shape index (κ1) is 15.4. The molecule has 0 saturated heterocycles. The van der Waals surface area contributed by atoms with Crippen LogP contribution in [0, 0.1) is 20.8 Å². The van der Waals surface area contributed by atoms with Crippen molar-refractivity contribution in [3.05, 3.63) is 58.1 Å². The van der Waals surface area contributed by atoms with Crippen LogP contribution >= 0.6 is 11.6 Å². The third kappa shape index (κ3) is 4.23. The van der Waals surface area contributed by atoms with Gasteiger partial charge in [0.15, 0.2) is 0 Å². The number of rotatable bonds is 4. The number of hydrogen-bond donors (Lipinski definition) is 2. The van der Waals surface area contributed by atoms with Crippen LogP contribution < -0.4 is 10.6 Å². The Balaban J connectivity index is 1.99. The number of aryl methyl sites for hydroxylation is 3. The molecule has 21 heavy (non-hydrogen) atoms. The molecule has 0 bridgehead atoms. The van der Waals surface area contributed by atoms with Gasteiger partial charge in [-0.25, -0.2) is 0 Å². The number of carbonyl (C=O) groups is 1. The molecule has 4 heteroatoms. The van der Waals surface area contributed by atoms with Crippen molar-refractivity contribution in [2.24, 2.45) is 0 Å². The quantitative estimate of drug-likeness (QED) is 0.883. The zero-order chi connectivity index (χ0) is 15.4. The summed E-state index contributed by atoms with van der Waals surface area (Å²) in [5.74, 6) is -0.120. The number of nitrogens with one attached hydrogen (secondary N) is 2. The monoisotopic (exact) mass is 302 g/mol. The molecule has 0 aromatic heterocycles. The molecule has 0 radical (unpaired) electrons. The number of benzene rings is 2. The molecular weight excluding hydrogens is 284 g/mol. The Morgan fingerprint density at radius 2 is 1.86 bits per heavy atom. The van der Waals surface area contributed by atoms with Crippen molar-refractivity contribution in [1.29, 1.82) is 0 Å². The molecule has 2 aromatic rings. The van der Waals surface area contributed by atoms with Crippen molar-refractivity contribution < 1.29 is 4.79 Å². The summed E-state index contributed by atoms with van der Waals surface area (Å²) in [6.45, 7) is 6.13. The van der Waals surface area contributed by atoms with E-state index in [0.717, 1.165) is 22.4 Å². The largest absolute Gasteiger partial charge is 0.376 e. The fraction of sp³-hybridized carbons (Fsp3) is 0.235. The summed E-state index contributed by atoms with van der Waals surface area (Å²) >= 11 is 6.18. The van der Waals surface area contributed by atoms with Gasteiger partial charge in [0.2, 0.25) is 5.91 Å². The lowest BCUT2D eigenvalue weighted by atomic mass is 10.1. The Hall–Kier alpha value is -2.00. The molecule has 0 aliphatic heterocycles. The van der Waals surface area contributed by atoms with Crippen molar-refractivity contribution in [3.63, 3.8) is 0 Å². The Labute approximate surface area is 130 Å². The molecule has 2 N–H and O–H groups in total. The SMILES string of the molecule is Cc1cccc(NCC(=O)Nc2c(C)cc(C)cc2Cl)c1. The average Bonchev–Trinajstić information content (AvgIpc) is 2.40. The molecule has 0 unspecified atom stereocenters. The third-order valence-electron chi connectivity index (χ3n) is 3.17. The lowest BCUT2D eigenvalue weighted by Gasteiger charge is -2.12. The van der Waals surface area contributed by atoms with Crippen LogP contribution in [0.1, 0.15) is 16.7 Å². The number of halogens is 1. The molecule has 3 nitrogen and oxygen atoms in total. The summed E-state index contributed by atoms with van der Waals surface area (Å²) in [7, 11) is 0. The molecule has 0 aliphatic carbocycles. The normalized spacial score (nSPS) is 10.3. The molecule has 0 saturated carbocycles. The van der Waals surface area contributed by atoms with Gasteiger partial charge in [-0.15, -0.1) is 0 Å². The third-order valence-corrected chi connectivity index (χ3v) is 3.47. The zero-order valence-electron chi connectivity index (χ0n) is 12.5. The van der Waals surface area contributed by atoms with Gasteiger partial charge in [-0.1, -0.05) is 29.8 Å². The summed E-state index contributed by atoms with van der Waals surface area (Å²) in [6.07, 6.45) is 0. The van der Waals surface area contributed by atoms with Crippen molar-refractivity contribution in [2.45, 2.75) is 20.8 Å². The first-order chi connectivity index (χ1) is 9.95. The second-order valence-electron chi connectivity index (χ2n) is 5.21. The number of anilines is 2. The van der Waals surface area contributed by atoms with Crippen LogP contribution in [-0.2, 0) is 4.79 Å². The van der Waals surface area contributed by atoms with Gasteiger partial charge in [-0.05, 0) is 55.7 Å². The summed E-state index contributed by atoms with van der Waals surface area (Å²) in [5, 5.41) is 6.52. The van der Waals surface area contributed by atoms with Crippen LogP contribution in [0.2, 0.25) is 5.02 Å². The molecule has 0 atom stereocenters. The first-order valence-corrected chi connectivity index (χ1v) is 7.20. The highest BCUT2D eigenvalue weighted by Gasteiger charge is 2.09. The Morgan fingerprint density at radius 3 is 2.52 bits per heavy atom. The van der Waals surface area contributed by atoms with Crippen LogP contribution in [0.15, 0.2) is 36.4 Å². The summed E-state index contributed by atoms with van der Waals surface area (Å²) in [5.41, 5.74) is 4.80. The summed E-state index contributed by atoms with van der Waals surface area (Å²) in [4.78, 5) is 12.0. The molecule has 0 fully saturated rings. The molecule has 110 valence electrons. The van der Waals surface area contributed by atoms with Gasteiger partial charge in [0.25, 0.3) is 0 Å². The fourth-order valence-electron chi connectivity index (χ4n) is 2.20. The zero-order valence-corrected chi connectivity index (χ0v) is 13.2. The number of amides is 1.